The number of hydrogen-bond donors (Lipinski definition) is 2. The summed E-state index contributed by atoms with van der Waals surface area (Å²) in [4.78, 5) is 12.7. The van der Waals surface area contributed by atoms with Gasteiger partial charge < -0.3 is 19.6 Å². The number of nitrogens with one attached hydrogen (secondary N) is 1. The van der Waals surface area contributed by atoms with Crippen LogP contribution in [0.3, 0.4) is 0 Å². The minimum atomic E-state index is -0.410. The maximum atomic E-state index is 12.7. The first-order chi connectivity index (χ1) is 10.1. The van der Waals surface area contributed by atoms with Crippen molar-refractivity contribution in [2.24, 2.45) is 10.8 Å². The molecule has 1 aliphatic carbocycles. The average molecular weight is 293 g/mol. The van der Waals surface area contributed by atoms with Crippen LogP contribution in [0.5, 0.6) is 0 Å². The van der Waals surface area contributed by atoms with Crippen molar-refractivity contribution < 1.29 is 19.1 Å². The van der Waals surface area contributed by atoms with Gasteiger partial charge in [-0.2, -0.15) is 0 Å². The van der Waals surface area contributed by atoms with E-state index in [0.29, 0.717) is 13.0 Å². The number of ether oxygens (including phenoxy) is 1. The van der Waals surface area contributed by atoms with Crippen molar-refractivity contribution in [3.8, 4) is 0 Å². The zero-order valence-electron chi connectivity index (χ0n) is 12.5. The number of furan rings is 1. The predicted octanol–water partition coefficient (Wildman–Crippen LogP) is 1.77. The number of aliphatic hydroxyl groups excluding tert-OH is 1. The molecule has 5 heteroatoms. The second-order valence-corrected chi connectivity index (χ2v) is 6.32. The van der Waals surface area contributed by atoms with Gasteiger partial charge in [-0.3, -0.25) is 4.79 Å². The minimum Gasteiger partial charge on any atom is -0.465 e. The minimum absolute atomic E-state index is 0.0388. The molecule has 1 saturated heterocycles. The van der Waals surface area contributed by atoms with E-state index in [4.69, 9.17) is 9.15 Å². The molecule has 1 aromatic heterocycles. The van der Waals surface area contributed by atoms with Gasteiger partial charge in [0.05, 0.1) is 12.0 Å². The summed E-state index contributed by atoms with van der Waals surface area (Å²) >= 11 is 0. The topological polar surface area (TPSA) is 71.7 Å². The molecule has 5 nitrogen and oxygen atoms in total. The molecule has 2 aliphatic rings. The molecule has 1 unspecified atom stereocenters. The fourth-order valence-corrected chi connectivity index (χ4v) is 3.85. The van der Waals surface area contributed by atoms with Crippen molar-refractivity contribution in [1.82, 2.24) is 5.32 Å². The summed E-state index contributed by atoms with van der Waals surface area (Å²) in [6.45, 7) is 3.79. The number of carbonyl (C=O) groups is 1. The maximum Gasteiger partial charge on any atom is 0.227 e. The van der Waals surface area contributed by atoms with Gasteiger partial charge >= 0.3 is 0 Å². The molecule has 2 fully saturated rings. The van der Waals surface area contributed by atoms with Crippen LogP contribution < -0.4 is 5.32 Å². The lowest BCUT2D eigenvalue weighted by molar-refractivity contribution is -0.129. The molecule has 1 amide bonds. The van der Waals surface area contributed by atoms with Crippen LogP contribution >= 0.6 is 0 Å². The molecule has 0 aromatic carbocycles. The summed E-state index contributed by atoms with van der Waals surface area (Å²) in [5.41, 5.74) is -0.371. The van der Waals surface area contributed by atoms with Gasteiger partial charge in [-0.25, -0.2) is 0 Å². The third kappa shape index (κ3) is 2.49. The summed E-state index contributed by atoms with van der Waals surface area (Å²) < 4.78 is 10.9. The third-order valence-corrected chi connectivity index (χ3v) is 5.17. The van der Waals surface area contributed by atoms with Gasteiger partial charge in [-0.05, 0) is 50.2 Å². The quantitative estimate of drug-likeness (QED) is 0.868. The monoisotopic (exact) mass is 293 g/mol. The Morgan fingerprint density at radius 2 is 2.14 bits per heavy atom. The highest BCUT2D eigenvalue weighted by Crippen LogP contribution is 2.70. The van der Waals surface area contributed by atoms with Crippen LogP contribution in [-0.4, -0.2) is 30.8 Å². The summed E-state index contributed by atoms with van der Waals surface area (Å²) in [5, 5.41) is 12.4. The molecule has 1 atom stereocenters. The first kappa shape index (κ1) is 14.6. The first-order valence-electron chi connectivity index (χ1n) is 7.64. The molecule has 1 aromatic rings. The van der Waals surface area contributed by atoms with Crippen LogP contribution in [0.15, 0.2) is 16.5 Å². The second kappa shape index (κ2) is 5.46. The highest BCUT2D eigenvalue weighted by molar-refractivity contribution is 5.87. The van der Waals surface area contributed by atoms with Crippen LogP contribution in [0.4, 0.5) is 0 Å². The highest BCUT2D eigenvalue weighted by Gasteiger charge is 2.70. The van der Waals surface area contributed by atoms with Crippen molar-refractivity contribution in [1.29, 1.82) is 0 Å². The molecule has 21 heavy (non-hydrogen) atoms. The number of amides is 1. The Balaban J connectivity index is 1.66. The molecule has 116 valence electrons. The number of aliphatic hydroxyl groups is 1. The van der Waals surface area contributed by atoms with E-state index >= 15 is 0 Å². The van der Waals surface area contributed by atoms with Gasteiger partial charge in [-0.1, -0.05) is 0 Å². The fourth-order valence-electron chi connectivity index (χ4n) is 3.85. The molecule has 1 saturated carbocycles. The smallest absolute Gasteiger partial charge is 0.227 e. The third-order valence-electron chi connectivity index (χ3n) is 5.17. The number of carbonyl (C=O) groups excluding carboxylic acids is 1. The van der Waals surface area contributed by atoms with E-state index in [9.17, 15) is 9.90 Å². The van der Waals surface area contributed by atoms with Crippen molar-refractivity contribution in [3.63, 3.8) is 0 Å². The zero-order chi connectivity index (χ0) is 14.9. The average Bonchev–Trinajstić information content (AvgIpc) is 2.88. The Morgan fingerprint density at radius 1 is 1.38 bits per heavy atom. The van der Waals surface area contributed by atoms with E-state index in [0.717, 1.165) is 44.0 Å². The van der Waals surface area contributed by atoms with E-state index in [1.165, 1.54) is 0 Å². The van der Waals surface area contributed by atoms with Gasteiger partial charge in [0.15, 0.2) is 0 Å². The van der Waals surface area contributed by atoms with Crippen LogP contribution in [0.1, 0.15) is 37.2 Å². The lowest BCUT2D eigenvalue weighted by Gasteiger charge is -2.28. The van der Waals surface area contributed by atoms with Crippen LogP contribution in [0.25, 0.3) is 0 Å². The van der Waals surface area contributed by atoms with E-state index < -0.39 is 5.41 Å². The molecule has 0 bridgehead atoms. The van der Waals surface area contributed by atoms with Gasteiger partial charge in [0.2, 0.25) is 5.91 Å². The summed E-state index contributed by atoms with van der Waals surface area (Å²) in [5.74, 6) is 1.66. The number of rotatable bonds is 5. The molecule has 0 radical (unpaired) electrons. The molecular formula is C16H23NO4. The normalized spacial score (nSPS) is 26.8. The van der Waals surface area contributed by atoms with E-state index in [1.54, 1.807) is 0 Å². The molecule has 3 rings (SSSR count). The van der Waals surface area contributed by atoms with Crippen LogP contribution in [-0.2, 0) is 16.1 Å². The SMILES string of the molecule is Cc1ccc(CNC(=O)C2(CCO)CC23CCOCC3)o1. The predicted molar refractivity (Wildman–Crippen MR) is 76.5 cm³/mol. The van der Waals surface area contributed by atoms with Gasteiger partial charge in [0.25, 0.3) is 0 Å². The molecule has 1 aliphatic heterocycles. The lowest BCUT2D eigenvalue weighted by Crippen LogP contribution is -2.37. The van der Waals surface area contributed by atoms with Crippen molar-refractivity contribution in [2.75, 3.05) is 19.8 Å². The molecule has 2 N–H and O–H groups in total. The van der Waals surface area contributed by atoms with Gasteiger partial charge in [0, 0.05) is 19.8 Å². The first-order valence-corrected chi connectivity index (χ1v) is 7.64. The molecular weight excluding hydrogens is 270 g/mol. The summed E-state index contributed by atoms with van der Waals surface area (Å²) in [6, 6.07) is 3.77. The molecule has 2 heterocycles. The molecule has 1 spiro atoms. The maximum absolute atomic E-state index is 12.7. The van der Waals surface area contributed by atoms with E-state index in [-0.39, 0.29) is 17.9 Å². The Labute approximate surface area is 124 Å². The Kier molecular flexibility index (Phi) is 3.80. The van der Waals surface area contributed by atoms with Crippen molar-refractivity contribution >= 4 is 5.91 Å². The standard InChI is InChI=1S/C16H23NO4/c1-12-2-3-13(21-12)10-17-14(19)16(4-7-18)11-15(16)5-8-20-9-6-15/h2-3,18H,4-11H2,1H3,(H,17,19). The summed E-state index contributed by atoms with van der Waals surface area (Å²) in [6.07, 6.45) is 3.24. The van der Waals surface area contributed by atoms with E-state index in [2.05, 4.69) is 5.32 Å². The van der Waals surface area contributed by atoms with Crippen molar-refractivity contribution in [3.05, 3.63) is 23.7 Å². The van der Waals surface area contributed by atoms with E-state index in [1.807, 2.05) is 19.1 Å². The number of hydrogen-bond acceptors (Lipinski definition) is 4. The van der Waals surface area contributed by atoms with Crippen LogP contribution in [0, 0.1) is 17.8 Å². The summed E-state index contributed by atoms with van der Waals surface area (Å²) in [7, 11) is 0. The lowest BCUT2D eigenvalue weighted by atomic mass is 9.83. The van der Waals surface area contributed by atoms with Crippen LogP contribution in [0.2, 0.25) is 0 Å². The highest BCUT2D eigenvalue weighted by atomic mass is 16.5. The Bertz CT molecular complexity index is 518. The fraction of sp³-hybridized carbons (Fsp3) is 0.688. The number of aryl methyl sites for hydroxylation is 1. The second-order valence-electron chi connectivity index (χ2n) is 6.32. The van der Waals surface area contributed by atoms with Crippen molar-refractivity contribution in [2.45, 2.75) is 39.2 Å². The largest absolute Gasteiger partial charge is 0.465 e. The van der Waals surface area contributed by atoms with Gasteiger partial charge in [0.1, 0.15) is 11.5 Å². The van der Waals surface area contributed by atoms with Gasteiger partial charge in [-0.15, -0.1) is 0 Å². The Morgan fingerprint density at radius 3 is 2.76 bits per heavy atom. The zero-order valence-corrected chi connectivity index (χ0v) is 12.5. The Hall–Kier alpha value is -1.33.